The fourth-order valence-electron chi connectivity index (χ4n) is 5.84. The van der Waals surface area contributed by atoms with Crippen LogP contribution in [0.4, 0.5) is 5.82 Å². The number of aromatic nitrogens is 3. The van der Waals surface area contributed by atoms with Crippen LogP contribution in [0.5, 0.6) is 5.75 Å². The number of rotatable bonds is 7. The number of hydrogen-bond donors (Lipinski definition) is 1. The van der Waals surface area contributed by atoms with E-state index in [-0.39, 0.29) is 23.8 Å². The van der Waals surface area contributed by atoms with Crippen molar-refractivity contribution in [2.24, 2.45) is 5.92 Å². The van der Waals surface area contributed by atoms with Gasteiger partial charge in [0.2, 0.25) is 0 Å². The summed E-state index contributed by atoms with van der Waals surface area (Å²) in [7, 11) is 0. The number of nitrogen functional groups attached to an aromatic ring is 1. The maximum atomic E-state index is 12.8. The Hall–Kier alpha value is -4.98. The molecule has 0 atom stereocenters. The van der Waals surface area contributed by atoms with Gasteiger partial charge in [0.05, 0.1) is 16.5 Å². The molecule has 0 unspecified atom stereocenters. The number of nitrogens with two attached hydrogens (primary N) is 1. The smallest absolute Gasteiger partial charge is 0.261 e. The lowest BCUT2D eigenvalue weighted by molar-refractivity contribution is 0.0568. The molecule has 40 heavy (non-hydrogen) atoms. The van der Waals surface area contributed by atoms with Crippen LogP contribution in [-0.4, -0.2) is 37.8 Å². The molecule has 0 spiro atoms. The van der Waals surface area contributed by atoms with Gasteiger partial charge in [0, 0.05) is 24.3 Å². The first kappa shape index (κ1) is 24.1. The highest BCUT2D eigenvalue weighted by atomic mass is 16.5. The normalized spacial score (nSPS) is 18.1. The second kappa shape index (κ2) is 9.64. The minimum atomic E-state index is -0.201. The van der Waals surface area contributed by atoms with Crippen LogP contribution in [0.3, 0.4) is 0 Å². The Morgan fingerprint density at radius 3 is 2.33 bits per heavy atom. The highest BCUT2D eigenvalue weighted by Gasteiger charge is 2.40. The van der Waals surface area contributed by atoms with Gasteiger partial charge in [0.1, 0.15) is 30.1 Å². The van der Waals surface area contributed by atoms with Gasteiger partial charge in [0.15, 0.2) is 0 Å². The quantitative estimate of drug-likeness (QED) is 0.279. The molecule has 198 valence electrons. The van der Waals surface area contributed by atoms with E-state index in [2.05, 4.69) is 20.7 Å². The summed E-state index contributed by atoms with van der Waals surface area (Å²) in [6, 6.07) is 25.2. The van der Waals surface area contributed by atoms with Crippen LogP contribution >= 0.6 is 0 Å². The maximum Gasteiger partial charge on any atom is 0.261 e. The molecule has 2 aromatic heterocycles. The highest BCUT2D eigenvalue weighted by molar-refractivity contribution is 6.21. The number of ether oxygens (including phenoxy) is 1. The second-order valence-electron chi connectivity index (χ2n) is 10.5. The van der Waals surface area contributed by atoms with Crippen molar-refractivity contribution in [2.45, 2.75) is 25.5 Å². The molecule has 8 nitrogen and oxygen atoms in total. The van der Waals surface area contributed by atoms with E-state index in [0.29, 0.717) is 30.1 Å². The third-order valence-electron chi connectivity index (χ3n) is 7.96. The molecule has 1 saturated carbocycles. The lowest BCUT2D eigenvalue weighted by Crippen LogP contribution is -2.40. The molecular formula is C32H27N5O3. The van der Waals surface area contributed by atoms with Crippen LogP contribution in [0.15, 0.2) is 91.4 Å². The molecule has 5 aromatic rings. The van der Waals surface area contributed by atoms with Gasteiger partial charge >= 0.3 is 0 Å². The highest BCUT2D eigenvalue weighted by Crippen LogP contribution is 2.44. The molecular weight excluding hydrogens is 502 g/mol. The van der Waals surface area contributed by atoms with Crippen molar-refractivity contribution in [1.29, 1.82) is 0 Å². The second-order valence-corrected chi connectivity index (χ2v) is 10.5. The molecule has 3 aromatic carbocycles. The van der Waals surface area contributed by atoms with Crippen molar-refractivity contribution in [2.75, 3.05) is 12.3 Å². The summed E-state index contributed by atoms with van der Waals surface area (Å²) in [5, 5.41) is 0.812. The first-order valence-corrected chi connectivity index (χ1v) is 13.4. The lowest BCUT2D eigenvalue weighted by atomic mass is 9.79. The van der Waals surface area contributed by atoms with E-state index >= 15 is 0 Å². The van der Waals surface area contributed by atoms with Gasteiger partial charge in [-0.05, 0) is 54.2 Å². The fourth-order valence-corrected chi connectivity index (χ4v) is 5.84. The third kappa shape index (κ3) is 4.09. The molecule has 0 saturated heterocycles. The monoisotopic (exact) mass is 529 g/mol. The van der Waals surface area contributed by atoms with E-state index in [1.54, 1.807) is 24.3 Å². The Bertz CT molecular complexity index is 1720. The number of nitrogens with zero attached hydrogens (tertiary/aromatic N) is 4. The molecule has 2 aliphatic rings. The minimum absolute atomic E-state index is 0.184. The summed E-state index contributed by atoms with van der Waals surface area (Å²) in [5.41, 5.74) is 11.2. The summed E-state index contributed by atoms with van der Waals surface area (Å²) in [6.45, 7) is 0.903. The number of carbonyl (C=O) groups is 2. The summed E-state index contributed by atoms with van der Waals surface area (Å²) in [6.07, 6.45) is 5.25. The van der Waals surface area contributed by atoms with E-state index in [4.69, 9.17) is 10.5 Å². The number of benzene rings is 3. The predicted molar refractivity (Wildman–Crippen MR) is 152 cm³/mol. The first-order chi connectivity index (χ1) is 19.6. The van der Waals surface area contributed by atoms with Crippen LogP contribution in [0.2, 0.25) is 0 Å². The van der Waals surface area contributed by atoms with Gasteiger partial charge in [-0.3, -0.25) is 14.5 Å². The van der Waals surface area contributed by atoms with Gasteiger partial charge in [-0.25, -0.2) is 9.97 Å². The molecule has 1 aliphatic heterocycles. The van der Waals surface area contributed by atoms with E-state index in [1.165, 1.54) is 11.2 Å². The van der Waals surface area contributed by atoms with E-state index < -0.39 is 0 Å². The number of imide groups is 1. The van der Waals surface area contributed by atoms with Crippen molar-refractivity contribution in [3.05, 3.63) is 108 Å². The van der Waals surface area contributed by atoms with Gasteiger partial charge in [-0.15, -0.1) is 0 Å². The number of hydrogen-bond acceptors (Lipinski definition) is 6. The summed E-state index contributed by atoms with van der Waals surface area (Å²) in [5.74, 6) is 1.01. The molecule has 0 bridgehead atoms. The zero-order valence-electron chi connectivity index (χ0n) is 21.7. The van der Waals surface area contributed by atoms with Crippen molar-refractivity contribution < 1.29 is 14.3 Å². The average Bonchev–Trinajstić information content (AvgIpc) is 3.46. The minimum Gasteiger partial charge on any atom is -0.489 e. The third-order valence-corrected chi connectivity index (χ3v) is 7.96. The van der Waals surface area contributed by atoms with Crippen molar-refractivity contribution in [1.82, 2.24) is 19.4 Å². The average molecular weight is 530 g/mol. The van der Waals surface area contributed by atoms with Gasteiger partial charge in [-0.1, -0.05) is 54.6 Å². The van der Waals surface area contributed by atoms with Gasteiger partial charge in [-0.2, -0.15) is 0 Å². The Labute approximate surface area is 231 Å². The molecule has 1 aliphatic carbocycles. The first-order valence-electron chi connectivity index (χ1n) is 13.4. The molecule has 2 N–H and O–H groups in total. The van der Waals surface area contributed by atoms with Crippen molar-refractivity contribution in [3.8, 4) is 16.9 Å². The molecule has 3 heterocycles. The number of anilines is 1. The topological polar surface area (TPSA) is 103 Å². The fraction of sp³-hybridized carbons (Fsp3) is 0.188. The Morgan fingerprint density at radius 2 is 1.57 bits per heavy atom. The van der Waals surface area contributed by atoms with Crippen LogP contribution in [0, 0.1) is 5.92 Å². The van der Waals surface area contributed by atoms with Crippen molar-refractivity contribution >= 4 is 28.7 Å². The number of carbonyl (C=O) groups excluding carboxylic acids is 2. The van der Waals surface area contributed by atoms with Crippen LogP contribution < -0.4 is 10.5 Å². The van der Waals surface area contributed by atoms with Gasteiger partial charge in [0.25, 0.3) is 11.8 Å². The zero-order valence-corrected chi connectivity index (χ0v) is 21.7. The zero-order chi connectivity index (χ0) is 27.2. The maximum absolute atomic E-state index is 12.8. The molecule has 2 amide bonds. The largest absolute Gasteiger partial charge is 0.489 e. The van der Waals surface area contributed by atoms with Crippen LogP contribution in [0.25, 0.3) is 22.2 Å². The van der Waals surface area contributed by atoms with E-state index in [1.807, 2.05) is 54.6 Å². The van der Waals surface area contributed by atoms with Crippen molar-refractivity contribution in [3.63, 3.8) is 0 Å². The predicted octanol–water partition coefficient (Wildman–Crippen LogP) is 5.51. The molecule has 7 rings (SSSR count). The van der Waals surface area contributed by atoms with Crippen LogP contribution in [0.1, 0.15) is 45.2 Å². The Balaban J connectivity index is 1.11. The Morgan fingerprint density at radius 1 is 0.850 bits per heavy atom. The Kier molecular flexibility index (Phi) is 5.81. The lowest BCUT2D eigenvalue weighted by Gasteiger charge is -2.38. The molecule has 8 heteroatoms. The summed E-state index contributed by atoms with van der Waals surface area (Å²) in [4.78, 5) is 35.9. The van der Waals surface area contributed by atoms with E-state index in [9.17, 15) is 9.59 Å². The molecule has 0 radical (unpaired) electrons. The SMILES string of the molecule is Nc1ncnc2c1c(-c1cccc(OCc3ccccc3)c1)cn2[C@H]1C[C@@H](CN2C(=O)c3ccccc3C2=O)C1. The van der Waals surface area contributed by atoms with Gasteiger partial charge < -0.3 is 15.0 Å². The summed E-state index contributed by atoms with van der Waals surface area (Å²) >= 11 is 0. The van der Waals surface area contributed by atoms with E-state index in [0.717, 1.165) is 46.3 Å². The molecule has 1 fully saturated rings. The van der Waals surface area contributed by atoms with Crippen LogP contribution in [-0.2, 0) is 6.61 Å². The number of fused-ring (bicyclic) bond motifs is 2. The summed E-state index contributed by atoms with van der Waals surface area (Å²) < 4.78 is 8.24. The number of amides is 2. The standard InChI is InChI=1S/C32H27N5O3/c33-29-28-27(22-9-6-10-24(15-22)40-18-20-7-2-1-3-8-20)17-36(30(28)35-19-34-29)23-13-21(14-23)16-37-31(38)25-11-4-5-12-26(25)32(37)39/h1-12,15,17,19,21,23H,13-14,16,18H2,(H2,33,34,35)/t21-,23+.